The summed E-state index contributed by atoms with van der Waals surface area (Å²) >= 11 is 0. The normalized spacial score (nSPS) is 13.5. The SMILES string of the molecule is CCC(C(=O)NC(C)C)N(Cc1ccccc1)C(=O)CN1C(=O)c2cccc3cccc1c23. The summed E-state index contributed by atoms with van der Waals surface area (Å²) in [7, 11) is 0. The molecule has 0 saturated carbocycles. The Morgan fingerprint density at radius 3 is 2.33 bits per heavy atom. The fourth-order valence-corrected chi connectivity index (χ4v) is 4.44. The van der Waals surface area contributed by atoms with Crippen LogP contribution in [0.5, 0.6) is 0 Å². The first-order chi connectivity index (χ1) is 15.9. The third kappa shape index (κ3) is 4.46. The number of carbonyl (C=O) groups is 3. The van der Waals surface area contributed by atoms with Gasteiger partial charge in [-0.15, -0.1) is 0 Å². The molecule has 6 nitrogen and oxygen atoms in total. The highest BCUT2D eigenvalue weighted by atomic mass is 16.2. The summed E-state index contributed by atoms with van der Waals surface area (Å²) in [5.74, 6) is -0.632. The van der Waals surface area contributed by atoms with E-state index in [1.54, 1.807) is 11.0 Å². The zero-order valence-electron chi connectivity index (χ0n) is 19.2. The van der Waals surface area contributed by atoms with Crippen molar-refractivity contribution in [2.75, 3.05) is 11.4 Å². The predicted octanol–water partition coefficient (Wildman–Crippen LogP) is 4.13. The van der Waals surface area contributed by atoms with Crippen molar-refractivity contribution < 1.29 is 14.4 Å². The molecule has 0 spiro atoms. The van der Waals surface area contributed by atoms with Gasteiger partial charge in [0.05, 0.1) is 5.69 Å². The topological polar surface area (TPSA) is 69.7 Å². The Hall–Kier alpha value is -3.67. The second-order valence-electron chi connectivity index (χ2n) is 8.67. The van der Waals surface area contributed by atoms with E-state index in [4.69, 9.17) is 0 Å². The number of nitrogens with one attached hydrogen (secondary N) is 1. The number of benzene rings is 3. The molecular formula is C27H29N3O3. The van der Waals surface area contributed by atoms with Gasteiger partial charge in [-0.05, 0) is 43.4 Å². The van der Waals surface area contributed by atoms with Crippen molar-refractivity contribution in [1.82, 2.24) is 10.2 Å². The molecule has 1 aliphatic rings. The first-order valence-corrected chi connectivity index (χ1v) is 11.4. The third-order valence-corrected chi connectivity index (χ3v) is 5.96. The van der Waals surface area contributed by atoms with Crippen molar-refractivity contribution in [1.29, 1.82) is 0 Å². The van der Waals surface area contributed by atoms with Crippen molar-refractivity contribution in [2.45, 2.75) is 45.8 Å². The molecule has 0 aliphatic carbocycles. The molecule has 1 N–H and O–H groups in total. The summed E-state index contributed by atoms with van der Waals surface area (Å²) in [6.07, 6.45) is 0.473. The second kappa shape index (κ2) is 9.45. The molecule has 6 heteroatoms. The molecule has 3 aromatic carbocycles. The standard InChI is InChI=1S/C27H29N3O3/c1-4-22(26(32)28-18(2)3)29(16-19-10-6-5-7-11-19)24(31)17-30-23-15-9-13-20-12-8-14-21(25(20)23)27(30)33/h5-15,18,22H,4,16-17H2,1-3H3,(H,28,32). The Morgan fingerprint density at radius 2 is 1.67 bits per heavy atom. The number of hydrogen-bond acceptors (Lipinski definition) is 3. The molecule has 1 unspecified atom stereocenters. The molecule has 170 valence electrons. The van der Waals surface area contributed by atoms with Crippen molar-refractivity contribution in [3.05, 3.63) is 77.9 Å². The lowest BCUT2D eigenvalue weighted by Crippen LogP contribution is -2.53. The van der Waals surface area contributed by atoms with Gasteiger partial charge >= 0.3 is 0 Å². The molecule has 1 atom stereocenters. The number of rotatable bonds is 8. The number of carbonyl (C=O) groups excluding carboxylic acids is 3. The Labute approximate surface area is 194 Å². The van der Waals surface area contributed by atoms with Gasteiger partial charge in [0, 0.05) is 23.5 Å². The van der Waals surface area contributed by atoms with Gasteiger partial charge in [-0.25, -0.2) is 0 Å². The molecule has 3 aromatic rings. The summed E-state index contributed by atoms with van der Waals surface area (Å²) in [4.78, 5) is 43.0. The monoisotopic (exact) mass is 443 g/mol. The number of nitrogens with zero attached hydrogens (tertiary/aromatic N) is 2. The molecule has 4 rings (SSSR count). The molecule has 0 bridgehead atoms. The van der Waals surface area contributed by atoms with Gasteiger partial charge in [-0.1, -0.05) is 61.5 Å². The van der Waals surface area contributed by atoms with Gasteiger partial charge < -0.3 is 10.2 Å². The molecule has 0 aromatic heterocycles. The van der Waals surface area contributed by atoms with E-state index in [0.717, 1.165) is 22.0 Å². The molecular weight excluding hydrogens is 414 g/mol. The Kier molecular flexibility index (Phi) is 6.45. The second-order valence-corrected chi connectivity index (χ2v) is 8.67. The Balaban J connectivity index is 1.65. The zero-order chi connectivity index (χ0) is 23.5. The average Bonchev–Trinajstić information content (AvgIpc) is 3.07. The van der Waals surface area contributed by atoms with Crippen molar-refractivity contribution in [3.63, 3.8) is 0 Å². The van der Waals surface area contributed by atoms with E-state index in [-0.39, 0.29) is 30.3 Å². The van der Waals surface area contributed by atoms with E-state index in [2.05, 4.69) is 5.32 Å². The lowest BCUT2D eigenvalue weighted by Gasteiger charge is -2.32. The summed E-state index contributed by atoms with van der Waals surface area (Å²) in [6, 6.07) is 20.3. The van der Waals surface area contributed by atoms with Gasteiger partial charge in [0.2, 0.25) is 11.8 Å². The minimum atomic E-state index is -0.629. The lowest BCUT2D eigenvalue weighted by atomic mass is 10.1. The minimum absolute atomic E-state index is 0.0347. The molecule has 0 saturated heterocycles. The summed E-state index contributed by atoms with van der Waals surface area (Å²) in [5, 5.41) is 4.78. The Bertz CT molecular complexity index is 1180. The van der Waals surface area contributed by atoms with Crippen LogP contribution in [0.4, 0.5) is 5.69 Å². The first-order valence-electron chi connectivity index (χ1n) is 11.4. The van der Waals surface area contributed by atoms with E-state index in [9.17, 15) is 14.4 Å². The fourth-order valence-electron chi connectivity index (χ4n) is 4.44. The number of anilines is 1. The van der Waals surface area contributed by atoms with E-state index in [1.165, 1.54) is 4.90 Å². The van der Waals surface area contributed by atoms with Gasteiger partial charge in [0.1, 0.15) is 12.6 Å². The highest BCUT2D eigenvalue weighted by molar-refractivity contribution is 6.26. The summed E-state index contributed by atoms with van der Waals surface area (Å²) < 4.78 is 0. The van der Waals surface area contributed by atoms with Crippen LogP contribution in [-0.2, 0) is 16.1 Å². The van der Waals surface area contributed by atoms with Gasteiger partial charge in [0.25, 0.3) is 5.91 Å². The van der Waals surface area contributed by atoms with Crippen LogP contribution in [-0.4, -0.2) is 41.2 Å². The van der Waals surface area contributed by atoms with Crippen LogP contribution >= 0.6 is 0 Å². The number of hydrogen-bond donors (Lipinski definition) is 1. The maximum atomic E-state index is 13.7. The van der Waals surface area contributed by atoms with Crippen LogP contribution in [0.15, 0.2) is 66.7 Å². The smallest absolute Gasteiger partial charge is 0.259 e. The quantitative estimate of drug-likeness (QED) is 0.569. The van der Waals surface area contributed by atoms with Crippen LogP contribution in [0, 0.1) is 0 Å². The third-order valence-electron chi connectivity index (χ3n) is 5.96. The van der Waals surface area contributed by atoms with Gasteiger partial charge in [-0.2, -0.15) is 0 Å². The lowest BCUT2D eigenvalue weighted by molar-refractivity contribution is -0.140. The highest BCUT2D eigenvalue weighted by Gasteiger charge is 2.35. The van der Waals surface area contributed by atoms with E-state index < -0.39 is 6.04 Å². The highest BCUT2D eigenvalue weighted by Crippen LogP contribution is 2.37. The molecule has 33 heavy (non-hydrogen) atoms. The average molecular weight is 444 g/mol. The van der Waals surface area contributed by atoms with Crippen LogP contribution < -0.4 is 10.2 Å². The van der Waals surface area contributed by atoms with E-state index in [0.29, 0.717) is 18.5 Å². The van der Waals surface area contributed by atoms with Gasteiger partial charge in [-0.3, -0.25) is 19.3 Å². The van der Waals surface area contributed by atoms with Crippen molar-refractivity contribution in [2.24, 2.45) is 0 Å². The van der Waals surface area contributed by atoms with Crippen LogP contribution in [0.1, 0.15) is 43.1 Å². The van der Waals surface area contributed by atoms with Crippen molar-refractivity contribution in [3.8, 4) is 0 Å². The molecule has 1 aliphatic heterocycles. The largest absolute Gasteiger partial charge is 0.352 e. The van der Waals surface area contributed by atoms with Crippen LogP contribution in [0.25, 0.3) is 10.8 Å². The maximum absolute atomic E-state index is 13.7. The molecule has 0 radical (unpaired) electrons. The van der Waals surface area contributed by atoms with Gasteiger partial charge in [0.15, 0.2) is 0 Å². The summed E-state index contributed by atoms with van der Waals surface area (Å²) in [5.41, 5.74) is 2.27. The van der Waals surface area contributed by atoms with Crippen LogP contribution in [0.3, 0.4) is 0 Å². The van der Waals surface area contributed by atoms with Crippen LogP contribution in [0.2, 0.25) is 0 Å². The first kappa shape index (κ1) is 22.5. The molecule has 0 fully saturated rings. The maximum Gasteiger partial charge on any atom is 0.259 e. The molecule has 3 amide bonds. The van der Waals surface area contributed by atoms with E-state index >= 15 is 0 Å². The Morgan fingerprint density at radius 1 is 0.970 bits per heavy atom. The minimum Gasteiger partial charge on any atom is -0.352 e. The van der Waals surface area contributed by atoms with E-state index in [1.807, 2.05) is 81.4 Å². The zero-order valence-corrected chi connectivity index (χ0v) is 19.2. The summed E-state index contributed by atoms with van der Waals surface area (Å²) in [6.45, 7) is 5.87. The number of amides is 3. The predicted molar refractivity (Wildman–Crippen MR) is 130 cm³/mol. The fraction of sp³-hybridized carbons (Fsp3) is 0.296. The molecule has 1 heterocycles. The van der Waals surface area contributed by atoms with Crippen molar-refractivity contribution >= 4 is 34.2 Å².